The van der Waals surface area contributed by atoms with Crippen LogP contribution in [-0.2, 0) is 4.79 Å². The lowest BCUT2D eigenvalue weighted by Gasteiger charge is -2.21. The monoisotopic (exact) mass is 254 g/mol. The van der Waals surface area contributed by atoms with E-state index >= 15 is 0 Å². The van der Waals surface area contributed by atoms with Gasteiger partial charge in [0.1, 0.15) is 6.04 Å². The number of allylic oxidation sites excluding steroid dienone is 2. The Kier molecular flexibility index (Phi) is 5.68. The summed E-state index contributed by atoms with van der Waals surface area (Å²) in [6, 6.07) is -1.23. The summed E-state index contributed by atoms with van der Waals surface area (Å²) in [6.07, 6.45) is 7.38. The normalized spacial score (nSPS) is 20.5. The van der Waals surface area contributed by atoms with Crippen LogP contribution in [0.3, 0.4) is 0 Å². The van der Waals surface area contributed by atoms with Crippen LogP contribution in [0.1, 0.15) is 33.1 Å². The molecular weight excluding hydrogens is 232 g/mol. The van der Waals surface area contributed by atoms with E-state index in [-0.39, 0.29) is 5.92 Å². The largest absolute Gasteiger partial charge is 0.480 e. The number of carboxylic acid groups (broad SMARTS) is 1. The van der Waals surface area contributed by atoms with Gasteiger partial charge in [-0.2, -0.15) is 0 Å². The van der Waals surface area contributed by atoms with Crippen LogP contribution in [0.15, 0.2) is 12.2 Å². The Morgan fingerprint density at radius 3 is 2.61 bits per heavy atom. The van der Waals surface area contributed by atoms with E-state index in [4.69, 9.17) is 5.11 Å². The molecule has 1 unspecified atom stereocenters. The van der Waals surface area contributed by atoms with Crippen molar-refractivity contribution in [2.75, 3.05) is 6.54 Å². The number of aliphatic carboxylic acids is 1. The van der Waals surface area contributed by atoms with Gasteiger partial charge in [-0.05, 0) is 31.1 Å². The van der Waals surface area contributed by atoms with E-state index in [0.29, 0.717) is 12.5 Å². The summed E-state index contributed by atoms with van der Waals surface area (Å²) in [4.78, 5) is 22.5. The van der Waals surface area contributed by atoms with Gasteiger partial charge in [0.15, 0.2) is 0 Å². The zero-order valence-corrected chi connectivity index (χ0v) is 11.0. The van der Waals surface area contributed by atoms with Crippen LogP contribution in [0, 0.1) is 11.8 Å². The first-order chi connectivity index (χ1) is 8.50. The minimum atomic E-state index is -0.999. The second-order valence-corrected chi connectivity index (χ2v) is 5.06. The van der Waals surface area contributed by atoms with Gasteiger partial charge in [-0.1, -0.05) is 26.0 Å². The quantitative estimate of drug-likeness (QED) is 0.654. The van der Waals surface area contributed by atoms with Crippen LogP contribution >= 0.6 is 0 Å². The smallest absolute Gasteiger partial charge is 0.326 e. The Morgan fingerprint density at radius 2 is 2.11 bits per heavy atom. The summed E-state index contributed by atoms with van der Waals surface area (Å²) < 4.78 is 0. The van der Waals surface area contributed by atoms with E-state index < -0.39 is 18.0 Å². The van der Waals surface area contributed by atoms with Crippen LogP contribution in [0.2, 0.25) is 0 Å². The fourth-order valence-electron chi connectivity index (χ4n) is 1.98. The third-order valence-electron chi connectivity index (χ3n) is 3.15. The Bertz CT molecular complexity index is 326. The maximum absolute atomic E-state index is 11.6. The lowest BCUT2D eigenvalue weighted by molar-refractivity contribution is -0.140. The van der Waals surface area contributed by atoms with E-state index in [1.807, 2.05) is 0 Å². The van der Waals surface area contributed by atoms with Gasteiger partial charge in [-0.25, -0.2) is 9.59 Å². The second kappa shape index (κ2) is 7.03. The van der Waals surface area contributed by atoms with Gasteiger partial charge in [0.2, 0.25) is 0 Å². The number of urea groups is 1. The summed E-state index contributed by atoms with van der Waals surface area (Å²) in [5, 5.41) is 14.2. The molecule has 1 aliphatic carbocycles. The van der Waals surface area contributed by atoms with Crippen LogP contribution in [0.4, 0.5) is 4.79 Å². The van der Waals surface area contributed by atoms with E-state index in [0.717, 1.165) is 19.3 Å². The fraction of sp³-hybridized carbons (Fsp3) is 0.692. The third kappa shape index (κ3) is 4.77. The Hall–Kier alpha value is -1.52. The van der Waals surface area contributed by atoms with Gasteiger partial charge in [0.25, 0.3) is 0 Å². The van der Waals surface area contributed by atoms with Crippen molar-refractivity contribution in [3.8, 4) is 0 Å². The number of rotatable bonds is 5. The van der Waals surface area contributed by atoms with Gasteiger partial charge in [-0.15, -0.1) is 0 Å². The van der Waals surface area contributed by atoms with E-state index in [9.17, 15) is 9.59 Å². The highest BCUT2D eigenvalue weighted by Gasteiger charge is 2.23. The standard InChI is InChI=1S/C13H22N2O3/c1-9(2)11(12(16)17)15-13(18)14-8-10-6-4-3-5-7-10/h3-4,9-11H,5-8H2,1-2H3,(H,16,17)(H2,14,15,18)/t10?,11-/m1/s1. The molecule has 0 aromatic rings. The molecule has 0 radical (unpaired) electrons. The fourth-order valence-corrected chi connectivity index (χ4v) is 1.98. The summed E-state index contributed by atoms with van der Waals surface area (Å²) in [7, 11) is 0. The lowest BCUT2D eigenvalue weighted by atomic mass is 9.94. The van der Waals surface area contributed by atoms with Crippen molar-refractivity contribution < 1.29 is 14.7 Å². The van der Waals surface area contributed by atoms with Gasteiger partial charge in [0.05, 0.1) is 0 Å². The zero-order chi connectivity index (χ0) is 13.5. The first-order valence-corrected chi connectivity index (χ1v) is 6.43. The molecule has 5 nitrogen and oxygen atoms in total. The van der Waals surface area contributed by atoms with Gasteiger partial charge in [0, 0.05) is 6.54 Å². The minimum Gasteiger partial charge on any atom is -0.480 e. The van der Waals surface area contributed by atoms with Gasteiger partial charge < -0.3 is 15.7 Å². The van der Waals surface area contributed by atoms with Crippen LogP contribution < -0.4 is 10.6 Å². The number of carboxylic acids is 1. The molecule has 0 saturated carbocycles. The Balaban J connectivity index is 2.31. The van der Waals surface area contributed by atoms with Crippen molar-refractivity contribution in [3.63, 3.8) is 0 Å². The predicted octanol–water partition coefficient (Wildman–Crippen LogP) is 1.75. The Morgan fingerprint density at radius 1 is 1.39 bits per heavy atom. The molecule has 3 N–H and O–H groups in total. The molecule has 0 aromatic heterocycles. The molecule has 0 spiro atoms. The molecule has 1 rings (SSSR count). The topological polar surface area (TPSA) is 78.4 Å². The van der Waals surface area contributed by atoms with E-state index in [2.05, 4.69) is 22.8 Å². The van der Waals surface area contributed by atoms with Crippen LogP contribution in [-0.4, -0.2) is 29.7 Å². The van der Waals surface area contributed by atoms with E-state index in [1.54, 1.807) is 13.8 Å². The molecule has 2 amide bonds. The molecule has 18 heavy (non-hydrogen) atoms. The average Bonchev–Trinajstić information content (AvgIpc) is 2.34. The minimum absolute atomic E-state index is 0.133. The van der Waals surface area contributed by atoms with Crippen molar-refractivity contribution in [1.82, 2.24) is 10.6 Å². The highest BCUT2D eigenvalue weighted by atomic mass is 16.4. The third-order valence-corrected chi connectivity index (χ3v) is 3.15. The van der Waals surface area contributed by atoms with Gasteiger partial charge >= 0.3 is 12.0 Å². The van der Waals surface area contributed by atoms with Crippen LogP contribution in [0.25, 0.3) is 0 Å². The molecule has 102 valence electrons. The number of amides is 2. The second-order valence-electron chi connectivity index (χ2n) is 5.06. The molecular formula is C13H22N2O3. The highest BCUT2D eigenvalue weighted by Crippen LogP contribution is 2.16. The first-order valence-electron chi connectivity index (χ1n) is 6.43. The summed E-state index contributed by atoms with van der Waals surface area (Å²) >= 11 is 0. The molecule has 1 aliphatic rings. The number of carbonyl (C=O) groups is 2. The number of nitrogens with one attached hydrogen (secondary N) is 2. The Labute approximate surface area is 108 Å². The molecule has 2 atom stereocenters. The van der Waals surface area contributed by atoms with Crippen LogP contribution in [0.5, 0.6) is 0 Å². The summed E-state index contributed by atoms with van der Waals surface area (Å²) in [5.74, 6) is -0.672. The van der Waals surface area contributed by atoms with Crippen molar-refractivity contribution in [3.05, 3.63) is 12.2 Å². The number of hydrogen-bond acceptors (Lipinski definition) is 2. The molecule has 0 aliphatic heterocycles. The van der Waals surface area contributed by atoms with Crippen molar-refractivity contribution >= 4 is 12.0 Å². The predicted molar refractivity (Wildman–Crippen MR) is 69.3 cm³/mol. The summed E-state index contributed by atoms with van der Waals surface area (Å²) in [6.45, 7) is 4.14. The van der Waals surface area contributed by atoms with Crippen molar-refractivity contribution in [2.45, 2.75) is 39.2 Å². The van der Waals surface area contributed by atoms with Crippen molar-refractivity contribution in [1.29, 1.82) is 0 Å². The van der Waals surface area contributed by atoms with Gasteiger partial charge in [-0.3, -0.25) is 0 Å². The molecule has 0 saturated heterocycles. The first kappa shape index (κ1) is 14.5. The highest BCUT2D eigenvalue weighted by molar-refractivity contribution is 5.82. The number of carbonyl (C=O) groups excluding carboxylic acids is 1. The molecule has 0 bridgehead atoms. The number of hydrogen-bond donors (Lipinski definition) is 3. The maximum Gasteiger partial charge on any atom is 0.326 e. The van der Waals surface area contributed by atoms with E-state index in [1.165, 1.54) is 0 Å². The summed E-state index contributed by atoms with van der Waals surface area (Å²) in [5.41, 5.74) is 0. The molecule has 0 heterocycles. The average molecular weight is 254 g/mol. The molecule has 0 fully saturated rings. The zero-order valence-electron chi connectivity index (χ0n) is 11.0. The molecule has 5 heteroatoms. The maximum atomic E-state index is 11.6. The lowest BCUT2D eigenvalue weighted by Crippen LogP contribution is -2.49. The molecule has 0 aromatic carbocycles. The van der Waals surface area contributed by atoms with Crippen molar-refractivity contribution in [2.24, 2.45) is 11.8 Å². The SMILES string of the molecule is CC(C)[C@@H](NC(=O)NCC1CC=CCC1)C(=O)O.